The lowest BCUT2D eigenvalue weighted by atomic mass is 10.1. The Labute approximate surface area is 113 Å². The Morgan fingerprint density at radius 3 is 3.00 bits per heavy atom. The van der Waals surface area contributed by atoms with Gasteiger partial charge in [0.1, 0.15) is 0 Å². The Morgan fingerprint density at radius 1 is 1.58 bits per heavy atom. The minimum Gasteiger partial charge on any atom is -0.359 e. The molecule has 6 heteroatoms. The molecular weight excluding hydrogens is 244 g/mol. The van der Waals surface area contributed by atoms with Gasteiger partial charge >= 0.3 is 0 Å². The Bertz CT molecular complexity index is 430. The maximum atomic E-state index is 11.3. The lowest BCUT2D eigenvalue weighted by Gasteiger charge is -2.13. The predicted molar refractivity (Wildman–Crippen MR) is 70.5 cm³/mol. The van der Waals surface area contributed by atoms with Gasteiger partial charge in [0, 0.05) is 25.9 Å². The van der Waals surface area contributed by atoms with Crippen molar-refractivity contribution in [1.29, 1.82) is 0 Å². The number of carbonyl (C=O) groups is 1. The summed E-state index contributed by atoms with van der Waals surface area (Å²) in [5.41, 5.74) is 0. The molecule has 2 heterocycles. The van der Waals surface area contributed by atoms with Crippen LogP contribution in [0.3, 0.4) is 0 Å². The van der Waals surface area contributed by atoms with Crippen LogP contribution >= 0.6 is 0 Å². The number of rotatable bonds is 5. The second-order valence-corrected chi connectivity index (χ2v) is 5.47. The maximum Gasteiger partial charge on any atom is 0.229 e. The third-order valence-corrected chi connectivity index (χ3v) is 3.47. The van der Waals surface area contributed by atoms with Crippen LogP contribution in [0.1, 0.15) is 44.3 Å². The van der Waals surface area contributed by atoms with E-state index in [9.17, 15) is 4.79 Å². The molecule has 1 amide bonds. The molecule has 0 aromatic carbocycles. The molecule has 0 bridgehead atoms. The van der Waals surface area contributed by atoms with Crippen LogP contribution in [0.15, 0.2) is 4.52 Å². The van der Waals surface area contributed by atoms with Crippen molar-refractivity contribution in [2.75, 3.05) is 20.1 Å². The van der Waals surface area contributed by atoms with Gasteiger partial charge in [-0.3, -0.25) is 9.69 Å². The summed E-state index contributed by atoms with van der Waals surface area (Å²) in [6, 6.07) is 0. The normalized spacial score (nSPS) is 20.1. The Balaban J connectivity index is 1.82. The molecule has 0 saturated carbocycles. The van der Waals surface area contributed by atoms with Gasteiger partial charge in [0.05, 0.1) is 6.54 Å². The van der Waals surface area contributed by atoms with Gasteiger partial charge in [-0.15, -0.1) is 0 Å². The quantitative estimate of drug-likeness (QED) is 0.865. The summed E-state index contributed by atoms with van der Waals surface area (Å²) in [6.45, 7) is 6.70. The number of hydrogen-bond acceptors (Lipinski definition) is 5. The SMILES string of the molecule is CNC(=O)CC1CCN(Cc2noc(C(C)C)n2)C1. The van der Waals surface area contributed by atoms with Crippen LogP contribution in [0.2, 0.25) is 0 Å². The van der Waals surface area contributed by atoms with Crippen molar-refractivity contribution in [3.8, 4) is 0 Å². The fraction of sp³-hybridized carbons (Fsp3) is 0.769. The average molecular weight is 266 g/mol. The van der Waals surface area contributed by atoms with Crippen molar-refractivity contribution in [3.63, 3.8) is 0 Å². The molecule has 19 heavy (non-hydrogen) atoms. The first-order valence-electron chi connectivity index (χ1n) is 6.84. The molecule has 1 atom stereocenters. The van der Waals surface area contributed by atoms with Gasteiger partial charge in [0.2, 0.25) is 11.8 Å². The first-order chi connectivity index (χ1) is 9.08. The van der Waals surface area contributed by atoms with Crippen LogP contribution in [0, 0.1) is 5.92 Å². The second-order valence-electron chi connectivity index (χ2n) is 5.47. The highest BCUT2D eigenvalue weighted by atomic mass is 16.5. The van der Waals surface area contributed by atoms with E-state index in [4.69, 9.17) is 4.52 Å². The van der Waals surface area contributed by atoms with Crippen LogP contribution in [0.25, 0.3) is 0 Å². The van der Waals surface area contributed by atoms with E-state index in [1.54, 1.807) is 7.05 Å². The first kappa shape index (κ1) is 14.0. The van der Waals surface area contributed by atoms with E-state index in [0.29, 0.717) is 24.8 Å². The van der Waals surface area contributed by atoms with Crippen molar-refractivity contribution in [2.45, 2.75) is 39.2 Å². The van der Waals surface area contributed by atoms with Gasteiger partial charge in [0.15, 0.2) is 5.82 Å². The third-order valence-electron chi connectivity index (χ3n) is 3.47. The number of nitrogens with zero attached hydrogens (tertiary/aromatic N) is 3. The molecule has 1 aromatic rings. The van der Waals surface area contributed by atoms with Crippen LogP contribution in [0.5, 0.6) is 0 Å². The zero-order valence-electron chi connectivity index (χ0n) is 11.8. The molecule has 6 nitrogen and oxygen atoms in total. The minimum absolute atomic E-state index is 0.119. The molecule has 2 rings (SSSR count). The van der Waals surface area contributed by atoms with Crippen molar-refractivity contribution >= 4 is 5.91 Å². The fourth-order valence-corrected chi connectivity index (χ4v) is 2.35. The molecule has 1 fully saturated rings. The van der Waals surface area contributed by atoms with E-state index in [2.05, 4.69) is 20.4 Å². The zero-order valence-corrected chi connectivity index (χ0v) is 11.8. The highest BCUT2D eigenvalue weighted by Gasteiger charge is 2.25. The molecule has 1 aliphatic rings. The molecule has 1 saturated heterocycles. The zero-order chi connectivity index (χ0) is 13.8. The number of amides is 1. The van der Waals surface area contributed by atoms with Crippen molar-refractivity contribution in [2.24, 2.45) is 5.92 Å². The molecule has 1 aromatic heterocycles. The predicted octanol–water partition coefficient (Wildman–Crippen LogP) is 1.15. The van der Waals surface area contributed by atoms with Gasteiger partial charge < -0.3 is 9.84 Å². The highest BCUT2D eigenvalue weighted by Crippen LogP contribution is 2.21. The fourth-order valence-electron chi connectivity index (χ4n) is 2.35. The van der Waals surface area contributed by atoms with Crippen molar-refractivity contribution in [1.82, 2.24) is 20.4 Å². The van der Waals surface area contributed by atoms with Crippen LogP contribution in [-0.4, -0.2) is 41.1 Å². The molecule has 0 radical (unpaired) electrons. The summed E-state index contributed by atoms with van der Waals surface area (Å²) >= 11 is 0. The van der Waals surface area contributed by atoms with Crippen molar-refractivity contribution < 1.29 is 9.32 Å². The van der Waals surface area contributed by atoms with Gasteiger partial charge in [-0.1, -0.05) is 19.0 Å². The van der Waals surface area contributed by atoms with E-state index in [0.717, 1.165) is 25.3 Å². The topological polar surface area (TPSA) is 71.3 Å². The van der Waals surface area contributed by atoms with Crippen LogP contribution in [-0.2, 0) is 11.3 Å². The monoisotopic (exact) mass is 266 g/mol. The Kier molecular flexibility index (Phi) is 4.52. The number of aromatic nitrogens is 2. The summed E-state index contributed by atoms with van der Waals surface area (Å²) in [6.07, 6.45) is 1.67. The number of carbonyl (C=O) groups excluding carboxylic acids is 1. The van der Waals surface area contributed by atoms with E-state index >= 15 is 0 Å². The number of nitrogens with one attached hydrogen (secondary N) is 1. The summed E-state index contributed by atoms with van der Waals surface area (Å²) < 4.78 is 5.19. The highest BCUT2D eigenvalue weighted by molar-refractivity contribution is 5.75. The van der Waals surface area contributed by atoms with Gasteiger partial charge in [-0.05, 0) is 18.9 Å². The summed E-state index contributed by atoms with van der Waals surface area (Å²) in [5.74, 6) is 2.26. The largest absolute Gasteiger partial charge is 0.359 e. The van der Waals surface area contributed by atoms with Gasteiger partial charge in [-0.2, -0.15) is 4.98 Å². The van der Waals surface area contributed by atoms with Gasteiger partial charge in [-0.25, -0.2) is 0 Å². The molecule has 106 valence electrons. The minimum atomic E-state index is 0.119. The summed E-state index contributed by atoms with van der Waals surface area (Å²) in [7, 11) is 1.68. The van der Waals surface area contributed by atoms with E-state index in [1.165, 1.54) is 0 Å². The number of hydrogen-bond donors (Lipinski definition) is 1. The first-order valence-corrected chi connectivity index (χ1v) is 6.84. The third kappa shape index (κ3) is 3.76. The van der Waals surface area contributed by atoms with Crippen LogP contribution < -0.4 is 5.32 Å². The van der Waals surface area contributed by atoms with Gasteiger partial charge in [0.25, 0.3) is 0 Å². The molecular formula is C13H22N4O2. The van der Waals surface area contributed by atoms with E-state index < -0.39 is 0 Å². The lowest BCUT2D eigenvalue weighted by Crippen LogP contribution is -2.24. The van der Waals surface area contributed by atoms with E-state index in [1.807, 2.05) is 13.8 Å². The summed E-state index contributed by atoms with van der Waals surface area (Å²) in [4.78, 5) is 18.0. The molecule has 1 unspecified atom stereocenters. The maximum absolute atomic E-state index is 11.3. The standard InChI is InChI=1S/C13H22N4O2/c1-9(2)13-15-11(16-19-13)8-17-5-4-10(7-17)6-12(18)14-3/h9-10H,4-8H2,1-3H3,(H,14,18). The molecule has 0 aliphatic carbocycles. The summed E-state index contributed by atoms with van der Waals surface area (Å²) in [5, 5.41) is 6.67. The Hall–Kier alpha value is -1.43. The molecule has 1 N–H and O–H groups in total. The van der Waals surface area contributed by atoms with Crippen molar-refractivity contribution in [3.05, 3.63) is 11.7 Å². The number of likely N-dealkylation sites (tertiary alicyclic amines) is 1. The second kappa shape index (κ2) is 6.14. The molecule has 0 spiro atoms. The average Bonchev–Trinajstić information content (AvgIpc) is 2.99. The lowest BCUT2D eigenvalue weighted by molar-refractivity contribution is -0.121. The smallest absolute Gasteiger partial charge is 0.229 e. The van der Waals surface area contributed by atoms with E-state index in [-0.39, 0.29) is 11.8 Å². The van der Waals surface area contributed by atoms with Crippen LogP contribution in [0.4, 0.5) is 0 Å². The Morgan fingerprint density at radius 2 is 2.37 bits per heavy atom. The molecule has 1 aliphatic heterocycles.